The number of carbonyl (C=O) groups excluding carboxylic acids is 1. The minimum Gasteiger partial charge on any atom is -0.504 e. The fourth-order valence-corrected chi connectivity index (χ4v) is 7.21. The van der Waals surface area contributed by atoms with Gasteiger partial charge >= 0.3 is 5.97 Å². The van der Waals surface area contributed by atoms with Crippen LogP contribution in [0.15, 0.2) is 24.3 Å². The Morgan fingerprint density at radius 2 is 1.93 bits per heavy atom. The summed E-state index contributed by atoms with van der Waals surface area (Å²) in [5, 5.41) is 9.72. The van der Waals surface area contributed by atoms with Crippen LogP contribution >= 0.6 is 0 Å². The minimum atomic E-state index is -0.410. The van der Waals surface area contributed by atoms with E-state index in [0.717, 1.165) is 23.8 Å². The van der Waals surface area contributed by atoms with Gasteiger partial charge in [-0.25, -0.2) is 4.79 Å². The SMILES string of the molecule is COc1cc(/C=C/C(=O)O[C@]2(C)CC[C@@]34C[C@@H]2C(C)(C)[C@@H]3CC[C@H]4C)ccc1O. The van der Waals surface area contributed by atoms with Crippen LogP contribution in [0.1, 0.15) is 65.4 Å². The lowest BCUT2D eigenvalue weighted by molar-refractivity contribution is -0.167. The molecule has 3 aliphatic carbocycles. The molecule has 1 N–H and O–H groups in total. The van der Waals surface area contributed by atoms with Crippen LogP contribution in [-0.4, -0.2) is 23.8 Å². The van der Waals surface area contributed by atoms with Crippen LogP contribution in [0.3, 0.4) is 0 Å². The molecule has 0 heterocycles. The second-order valence-electron chi connectivity index (χ2n) is 10.3. The van der Waals surface area contributed by atoms with Crippen LogP contribution in [-0.2, 0) is 9.53 Å². The highest BCUT2D eigenvalue weighted by atomic mass is 16.6. The molecule has 5 atom stereocenters. The standard InChI is InChI=1S/C25H34O4/c1-16-6-10-20-23(2,3)21-15-25(16,20)13-12-24(21,4)29-22(27)11-8-17-7-9-18(26)19(14-17)28-5/h7-9,11,14,16,20-21,26H,6,10,12-13,15H2,1-5H3/b11-8+/t16-,20+,21-,24-,25+/m1/s1. The van der Waals surface area contributed by atoms with E-state index in [1.165, 1.54) is 38.9 Å². The normalized spacial score (nSPS) is 37.5. The predicted molar refractivity (Wildman–Crippen MR) is 114 cm³/mol. The molecule has 4 heteroatoms. The summed E-state index contributed by atoms with van der Waals surface area (Å²) in [6.45, 7) is 9.38. The Labute approximate surface area is 174 Å². The molecule has 0 unspecified atom stereocenters. The number of fused-ring (bicyclic) bond motifs is 1. The quantitative estimate of drug-likeness (QED) is 0.531. The number of carbonyl (C=O) groups is 1. The summed E-state index contributed by atoms with van der Waals surface area (Å²) in [4.78, 5) is 12.7. The fraction of sp³-hybridized carbons (Fsp3) is 0.640. The average Bonchev–Trinajstić information content (AvgIpc) is 3.10. The highest BCUT2D eigenvalue weighted by molar-refractivity contribution is 5.87. The number of methoxy groups -OCH3 is 1. The second kappa shape index (κ2) is 6.78. The smallest absolute Gasteiger partial charge is 0.331 e. The molecule has 0 radical (unpaired) electrons. The molecule has 0 amide bonds. The number of hydrogen-bond acceptors (Lipinski definition) is 4. The number of phenolic OH excluding ortho intramolecular Hbond substituents is 1. The molecule has 4 nitrogen and oxygen atoms in total. The Morgan fingerprint density at radius 1 is 1.17 bits per heavy atom. The first-order valence-corrected chi connectivity index (χ1v) is 10.9. The molecule has 0 aromatic heterocycles. The van der Waals surface area contributed by atoms with Crippen LogP contribution in [0, 0.1) is 28.6 Å². The van der Waals surface area contributed by atoms with Gasteiger partial charge in [-0.3, -0.25) is 0 Å². The summed E-state index contributed by atoms with van der Waals surface area (Å²) in [5.74, 6) is 2.11. The molecular formula is C25H34O4. The van der Waals surface area contributed by atoms with Gasteiger partial charge in [-0.05, 0) is 85.5 Å². The Balaban J connectivity index is 1.50. The van der Waals surface area contributed by atoms with Crippen molar-refractivity contribution in [1.82, 2.24) is 0 Å². The summed E-state index contributed by atoms with van der Waals surface area (Å²) < 4.78 is 11.3. The van der Waals surface area contributed by atoms with Crippen molar-refractivity contribution in [2.75, 3.05) is 7.11 Å². The molecule has 4 rings (SSSR count). The molecule has 2 bridgehead atoms. The number of ether oxygens (including phenoxy) is 2. The molecule has 0 saturated heterocycles. The highest BCUT2D eigenvalue weighted by Gasteiger charge is 2.68. The molecule has 158 valence electrons. The van der Waals surface area contributed by atoms with E-state index in [2.05, 4.69) is 27.7 Å². The number of benzene rings is 1. The zero-order chi connectivity index (χ0) is 21.0. The number of phenols is 1. The Kier molecular flexibility index (Phi) is 4.75. The summed E-state index contributed by atoms with van der Waals surface area (Å²) in [6.07, 6.45) is 9.18. The second-order valence-corrected chi connectivity index (χ2v) is 10.3. The minimum absolute atomic E-state index is 0.0825. The first-order chi connectivity index (χ1) is 13.6. The van der Waals surface area contributed by atoms with Crippen LogP contribution in [0.25, 0.3) is 6.08 Å². The van der Waals surface area contributed by atoms with Gasteiger partial charge in [-0.1, -0.05) is 26.8 Å². The lowest BCUT2D eigenvalue weighted by atomic mass is 9.64. The van der Waals surface area contributed by atoms with Crippen molar-refractivity contribution >= 4 is 12.0 Å². The Morgan fingerprint density at radius 3 is 2.66 bits per heavy atom. The van der Waals surface area contributed by atoms with E-state index in [-0.39, 0.29) is 17.1 Å². The van der Waals surface area contributed by atoms with Crippen molar-refractivity contribution in [2.45, 2.75) is 65.4 Å². The van der Waals surface area contributed by atoms with Crippen molar-refractivity contribution < 1.29 is 19.4 Å². The Bertz CT molecular complexity index is 841. The van der Waals surface area contributed by atoms with Crippen LogP contribution in [0.2, 0.25) is 0 Å². The molecule has 3 fully saturated rings. The molecule has 1 aromatic carbocycles. The lowest BCUT2D eigenvalue weighted by Gasteiger charge is -2.46. The van der Waals surface area contributed by atoms with Gasteiger partial charge in [0.25, 0.3) is 0 Å². The maximum atomic E-state index is 12.7. The maximum Gasteiger partial charge on any atom is 0.331 e. The van der Waals surface area contributed by atoms with E-state index >= 15 is 0 Å². The van der Waals surface area contributed by atoms with Gasteiger partial charge in [0, 0.05) is 12.0 Å². The molecule has 3 saturated carbocycles. The van der Waals surface area contributed by atoms with E-state index in [4.69, 9.17) is 9.47 Å². The predicted octanol–water partition coefficient (Wildman–Crippen LogP) is 5.59. The van der Waals surface area contributed by atoms with Gasteiger partial charge in [0.05, 0.1) is 7.11 Å². The maximum absolute atomic E-state index is 12.7. The van der Waals surface area contributed by atoms with Gasteiger partial charge in [-0.2, -0.15) is 0 Å². The molecule has 1 aromatic rings. The number of rotatable bonds is 4. The van der Waals surface area contributed by atoms with Crippen molar-refractivity contribution in [3.63, 3.8) is 0 Å². The highest BCUT2D eigenvalue weighted by Crippen LogP contribution is 2.73. The van der Waals surface area contributed by atoms with Crippen molar-refractivity contribution in [2.24, 2.45) is 28.6 Å². The summed E-state index contributed by atoms with van der Waals surface area (Å²) in [7, 11) is 1.51. The first-order valence-electron chi connectivity index (χ1n) is 10.9. The van der Waals surface area contributed by atoms with E-state index in [1.54, 1.807) is 24.3 Å². The topological polar surface area (TPSA) is 55.8 Å². The third kappa shape index (κ3) is 3.06. The molecule has 29 heavy (non-hydrogen) atoms. The van der Waals surface area contributed by atoms with E-state index in [0.29, 0.717) is 17.1 Å². The van der Waals surface area contributed by atoms with Gasteiger partial charge in [0.2, 0.25) is 0 Å². The monoisotopic (exact) mass is 398 g/mol. The van der Waals surface area contributed by atoms with Crippen LogP contribution in [0.4, 0.5) is 0 Å². The molecule has 1 spiro atoms. The largest absolute Gasteiger partial charge is 0.504 e. The zero-order valence-electron chi connectivity index (χ0n) is 18.3. The number of hydrogen-bond donors (Lipinski definition) is 1. The third-order valence-corrected chi connectivity index (χ3v) is 8.72. The number of aromatic hydroxyl groups is 1. The molecule has 0 aliphatic heterocycles. The Hall–Kier alpha value is -1.97. The fourth-order valence-electron chi connectivity index (χ4n) is 7.21. The van der Waals surface area contributed by atoms with Gasteiger partial charge in [0.1, 0.15) is 5.60 Å². The summed E-state index contributed by atoms with van der Waals surface area (Å²) in [6, 6.07) is 5.01. The number of esters is 1. The first kappa shape index (κ1) is 20.3. The average molecular weight is 399 g/mol. The molecule has 3 aliphatic rings. The van der Waals surface area contributed by atoms with Crippen LogP contribution in [0.5, 0.6) is 11.5 Å². The summed E-state index contributed by atoms with van der Waals surface area (Å²) >= 11 is 0. The van der Waals surface area contributed by atoms with E-state index < -0.39 is 5.60 Å². The summed E-state index contributed by atoms with van der Waals surface area (Å²) in [5.41, 5.74) is 1.03. The van der Waals surface area contributed by atoms with E-state index in [1.807, 2.05) is 0 Å². The lowest BCUT2D eigenvalue weighted by Crippen LogP contribution is -2.47. The van der Waals surface area contributed by atoms with Crippen LogP contribution < -0.4 is 4.74 Å². The van der Waals surface area contributed by atoms with Crippen molar-refractivity contribution in [1.29, 1.82) is 0 Å². The zero-order valence-corrected chi connectivity index (χ0v) is 18.3. The molecular weight excluding hydrogens is 364 g/mol. The third-order valence-electron chi connectivity index (χ3n) is 8.72. The van der Waals surface area contributed by atoms with Crippen molar-refractivity contribution in [3.05, 3.63) is 29.8 Å². The van der Waals surface area contributed by atoms with E-state index in [9.17, 15) is 9.90 Å². The van der Waals surface area contributed by atoms with Crippen molar-refractivity contribution in [3.8, 4) is 11.5 Å². The van der Waals surface area contributed by atoms with Gasteiger partial charge in [0.15, 0.2) is 11.5 Å². The van der Waals surface area contributed by atoms with Gasteiger partial charge in [-0.15, -0.1) is 0 Å². The van der Waals surface area contributed by atoms with Gasteiger partial charge < -0.3 is 14.6 Å².